The minimum Gasteiger partial charge on any atom is -0.497 e. The van der Waals surface area contributed by atoms with Gasteiger partial charge in [0.05, 0.1) is 13.5 Å². The fourth-order valence-corrected chi connectivity index (χ4v) is 4.56. The van der Waals surface area contributed by atoms with Crippen LogP contribution in [0, 0.1) is 13.8 Å². The number of ether oxygens (including phenoxy) is 1. The van der Waals surface area contributed by atoms with E-state index in [4.69, 9.17) is 9.15 Å². The third-order valence-corrected chi connectivity index (χ3v) is 6.49. The molecule has 35 heavy (non-hydrogen) atoms. The maximum Gasteiger partial charge on any atom is 0.251 e. The average molecular weight is 489 g/mol. The Labute approximate surface area is 209 Å². The molecule has 0 saturated heterocycles. The molecule has 1 N–H and O–H groups in total. The number of carbonyl (C=O) groups excluding carboxylic acids is 2. The third-order valence-electron chi connectivity index (χ3n) is 5.62. The third kappa shape index (κ3) is 6.00. The van der Waals surface area contributed by atoms with Crippen LogP contribution in [0.3, 0.4) is 0 Å². The minimum atomic E-state index is -0.962. The smallest absolute Gasteiger partial charge is 0.251 e. The van der Waals surface area contributed by atoms with Crippen molar-refractivity contribution in [3.8, 4) is 5.75 Å². The molecule has 180 valence electrons. The molecule has 0 unspecified atom stereocenters. The highest BCUT2D eigenvalue weighted by Crippen LogP contribution is 2.31. The van der Waals surface area contributed by atoms with E-state index in [1.165, 1.54) is 11.3 Å². The van der Waals surface area contributed by atoms with Crippen LogP contribution in [0.2, 0.25) is 0 Å². The Morgan fingerprint density at radius 1 is 1.03 bits per heavy atom. The first-order valence-corrected chi connectivity index (χ1v) is 12.2. The monoisotopic (exact) mass is 488 g/mol. The molecule has 0 fully saturated rings. The van der Waals surface area contributed by atoms with Crippen LogP contribution in [0.1, 0.15) is 33.6 Å². The summed E-state index contributed by atoms with van der Waals surface area (Å²) in [6, 6.07) is 21.5. The van der Waals surface area contributed by atoms with Crippen LogP contribution in [0.4, 0.5) is 5.69 Å². The number of methoxy groups -OCH3 is 1. The van der Waals surface area contributed by atoms with Gasteiger partial charge in [0.1, 0.15) is 17.3 Å². The number of nitrogens with one attached hydrogen (secondary N) is 1. The number of anilines is 1. The molecule has 0 aliphatic rings. The van der Waals surface area contributed by atoms with E-state index < -0.39 is 6.04 Å². The molecule has 4 rings (SSSR count). The van der Waals surface area contributed by atoms with Gasteiger partial charge in [-0.05, 0) is 72.8 Å². The zero-order valence-electron chi connectivity index (χ0n) is 20.0. The molecule has 1 atom stereocenters. The number of amides is 2. The summed E-state index contributed by atoms with van der Waals surface area (Å²) in [7, 11) is 1.61. The van der Waals surface area contributed by atoms with Gasteiger partial charge in [-0.25, -0.2) is 0 Å². The summed E-state index contributed by atoms with van der Waals surface area (Å²) in [6.07, 6.45) is 0.188. The largest absolute Gasteiger partial charge is 0.497 e. The van der Waals surface area contributed by atoms with Crippen LogP contribution in [0.15, 0.2) is 82.6 Å². The van der Waals surface area contributed by atoms with Crippen molar-refractivity contribution in [2.24, 2.45) is 0 Å². The summed E-state index contributed by atoms with van der Waals surface area (Å²) in [5, 5.41) is 4.93. The van der Waals surface area contributed by atoms with E-state index in [0.717, 1.165) is 21.8 Å². The van der Waals surface area contributed by atoms with Gasteiger partial charge in [-0.2, -0.15) is 0 Å². The molecule has 0 spiro atoms. The molecule has 6 nitrogen and oxygen atoms in total. The minimum absolute atomic E-state index is 0.184. The van der Waals surface area contributed by atoms with Crippen molar-refractivity contribution in [2.75, 3.05) is 12.0 Å². The molecule has 2 aromatic carbocycles. The summed E-state index contributed by atoms with van der Waals surface area (Å²) < 4.78 is 11.1. The van der Waals surface area contributed by atoms with E-state index in [9.17, 15) is 9.59 Å². The Kier molecular flexibility index (Phi) is 7.67. The molecule has 2 aromatic heterocycles. The molecule has 4 aromatic rings. The molecule has 0 saturated carbocycles. The number of rotatable bonds is 9. The van der Waals surface area contributed by atoms with Crippen molar-refractivity contribution in [2.45, 2.75) is 32.9 Å². The second kappa shape index (κ2) is 11.1. The van der Waals surface area contributed by atoms with E-state index >= 15 is 0 Å². The zero-order chi connectivity index (χ0) is 24.8. The topological polar surface area (TPSA) is 71.8 Å². The van der Waals surface area contributed by atoms with Crippen LogP contribution >= 0.6 is 11.3 Å². The quantitative estimate of drug-likeness (QED) is 0.333. The number of hydrogen-bond acceptors (Lipinski definition) is 5. The van der Waals surface area contributed by atoms with Gasteiger partial charge in [0.25, 0.3) is 5.91 Å². The second-order valence-electron chi connectivity index (χ2n) is 8.28. The van der Waals surface area contributed by atoms with Crippen LogP contribution < -0.4 is 15.0 Å². The molecule has 0 radical (unpaired) electrons. The lowest BCUT2D eigenvalue weighted by atomic mass is 10.1. The predicted octanol–water partition coefficient (Wildman–Crippen LogP) is 5.60. The Morgan fingerprint density at radius 2 is 1.83 bits per heavy atom. The maximum atomic E-state index is 13.7. The van der Waals surface area contributed by atoms with E-state index in [1.807, 2.05) is 79.9 Å². The Morgan fingerprint density at radius 3 is 2.46 bits per heavy atom. The Hall–Kier alpha value is -3.84. The highest BCUT2D eigenvalue weighted by Gasteiger charge is 2.35. The lowest BCUT2D eigenvalue weighted by Gasteiger charge is -2.30. The SMILES string of the molecule is COc1ccc(CNC(=O)[C@H](c2ccc(C)o2)N(C(=O)Cc2cccs2)c2cccc(C)c2)cc1. The first-order chi connectivity index (χ1) is 16.9. The number of aryl methyl sites for hydroxylation is 2. The molecular formula is C28H28N2O4S. The van der Waals surface area contributed by atoms with Gasteiger partial charge in [-0.15, -0.1) is 11.3 Å². The first-order valence-electron chi connectivity index (χ1n) is 11.3. The standard InChI is InChI=1S/C28H28N2O4S/c1-19-6-4-7-22(16-19)30(26(31)17-24-8-5-15-35-24)27(25-14-9-20(2)34-25)28(32)29-18-21-10-12-23(33-3)13-11-21/h4-16,27H,17-18H2,1-3H3,(H,29,32)/t27-/m0/s1. The second-order valence-corrected chi connectivity index (χ2v) is 9.31. The first kappa shape index (κ1) is 24.3. The highest BCUT2D eigenvalue weighted by molar-refractivity contribution is 7.10. The Bertz CT molecular complexity index is 1280. The number of benzene rings is 2. The van der Waals surface area contributed by atoms with Crippen molar-refractivity contribution >= 4 is 28.8 Å². The normalized spacial score (nSPS) is 11.6. The molecule has 0 bridgehead atoms. The van der Waals surface area contributed by atoms with Crippen molar-refractivity contribution in [3.63, 3.8) is 0 Å². The number of furan rings is 1. The summed E-state index contributed by atoms with van der Waals surface area (Å²) in [4.78, 5) is 29.8. The fourth-order valence-electron chi connectivity index (χ4n) is 3.87. The van der Waals surface area contributed by atoms with E-state index in [2.05, 4.69) is 5.32 Å². The number of hydrogen-bond donors (Lipinski definition) is 1. The van der Waals surface area contributed by atoms with Gasteiger partial charge in [-0.3, -0.25) is 14.5 Å². The van der Waals surface area contributed by atoms with Crippen LogP contribution in [0.25, 0.3) is 0 Å². The van der Waals surface area contributed by atoms with E-state index in [-0.39, 0.29) is 18.2 Å². The molecule has 0 aliphatic heterocycles. The van der Waals surface area contributed by atoms with Crippen LogP contribution in [0.5, 0.6) is 5.75 Å². The molecule has 2 heterocycles. The maximum absolute atomic E-state index is 13.7. The van der Waals surface area contributed by atoms with Gasteiger partial charge in [0.15, 0.2) is 6.04 Å². The van der Waals surface area contributed by atoms with Crippen LogP contribution in [-0.4, -0.2) is 18.9 Å². The van der Waals surface area contributed by atoms with Crippen LogP contribution in [-0.2, 0) is 22.6 Å². The number of carbonyl (C=O) groups is 2. The molecule has 7 heteroatoms. The van der Waals surface area contributed by atoms with Crippen molar-refractivity contribution in [3.05, 3.63) is 106 Å². The van der Waals surface area contributed by atoms with Gasteiger partial charge >= 0.3 is 0 Å². The summed E-state index contributed by atoms with van der Waals surface area (Å²) in [5.74, 6) is 1.32. The van der Waals surface area contributed by atoms with Gasteiger partial charge < -0.3 is 14.5 Å². The lowest BCUT2D eigenvalue weighted by molar-refractivity contribution is -0.127. The Balaban J connectivity index is 1.68. The van der Waals surface area contributed by atoms with Crippen molar-refractivity contribution < 1.29 is 18.7 Å². The van der Waals surface area contributed by atoms with E-state index in [0.29, 0.717) is 23.8 Å². The van der Waals surface area contributed by atoms with E-state index in [1.54, 1.807) is 24.1 Å². The number of thiophene rings is 1. The predicted molar refractivity (Wildman–Crippen MR) is 138 cm³/mol. The van der Waals surface area contributed by atoms with Crippen molar-refractivity contribution in [1.82, 2.24) is 5.32 Å². The molecule has 2 amide bonds. The zero-order valence-corrected chi connectivity index (χ0v) is 20.8. The van der Waals surface area contributed by atoms with Gasteiger partial charge in [0.2, 0.25) is 5.91 Å². The lowest BCUT2D eigenvalue weighted by Crippen LogP contribution is -2.44. The average Bonchev–Trinajstić information content (AvgIpc) is 3.52. The van der Waals surface area contributed by atoms with Crippen molar-refractivity contribution in [1.29, 1.82) is 0 Å². The fraction of sp³-hybridized carbons (Fsp3) is 0.214. The number of nitrogens with zero attached hydrogens (tertiary/aromatic N) is 1. The molecular weight excluding hydrogens is 460 g/mol. The van der Waals surface area contributed by atoms with Gasteiger partial charge in [0, 0.05) is 17.1 Å². The van der Waals surface area contributed by atoms with Gasteiger partial charge in [-0.1, -0.05) is 30.3 Å². The molecule has 0 aliphatic carbocycles. The summed E-state index contributed by atoms with van der Waals surface area (Å²) in [6.45, 7) is 4.08. The summed E-state index contributed by atoms with van der Waals surface area (Å²) in [5.41, 5.74) is 2.55. The summed E-state index contributed by atoms with van der Waals surface area (Å²) >= 11 is 1.52. The highest BCUT2D eigenvalue weighted by atomic mass is 32.1.